The molecule has 0 aliphatic rings. The molecular weight excluding hydrogens is 285 g/mol. The fourth-order valence-corrected chi connectivity index (χ4v) is 1.84. The summed E-state index contributed by atoms with van der Waals surface area (Å²) in [5, 5.41) is 8.66. The van der Waals surface area contributed by atoms with Gasteiger partial charge in [-0.25, -0.2) is 0 Å². The Balaban J connectivity index is 3.23. The highest BCUT2D eigenvalue weighted by Crippen LogP contribution is 2.37. The molecule has 0 aliphatic heterocycles. The first-order chi connectivity index (χ1) is 8.66. The largest absolute Gasteiger partial charge is 0.496 e. The van der Waals surface area contributed by atoms with Crippen LogP contribution in [0.1, 0.15) is 18.1 Å². The van der Waals surface area contributed by atoms with E-state index in [-0.39, 0.29) is 22.8 Å². The Kier molecular flexibility index (Phi) is 4.68. The Morgan fingerprint density at radius 1 is 1.47 bits per heavy atom. The minimum Gasteiger partial charge on any atom is -0.496 e. The lowest BCUT2D eigenvalue weighted by atomic mass is 9.99. The molecule has 1 aromatic rings. The molecule has 0 amide bonds. The van der Waals surface area contributed by atoms with Crippen molar-refractivity contribution in [1.29, 1.82) is 0 Å². The molecule has 3 nitrogen and oxygen atoms in total. The molecule has 0 saturated heterocycles. The molecular formula is C12H12ClF3O3. The van der Waals surface area contributed by atoms with E-state index in [1.807, 2.05) is 0 Å². The SMILES string of the molecule is COc1cc(C(F)(F)F)cc(Cl)c1CC(C)C(=O)O. The number of methoxy groups -OCH3 is 1. The van der Waals surface area contributed by atoms with Crippen molar-refractivity contribution in [3.8, 4) is 5.75 Å². The van der Waals surface area contributed by atoms with Crippen LogP contribution in [0.15, 0.2) is 12.1 Å². The number of carbonyl (C=O) groups is 1. The number of carboxylic acids is 1. The van der Waals surface area contributed by atoms with E-state index < -0.39 is 23.6 Å². The van der Waals surface area contributed by atoms with Crippen molar-refractivity contribution < 1.29 is 27.8 Å². The van der Waals surface area contributed by atoms with E-state index in [0.717, 1.165) is 12.1 Å². The summed E-state index contributed by atoms with van der Waals surface area (Å²) in [7, 11) is 1.21. The standard InChI is InChI=1S/C12H12ClF3O3/c1-6(11(17)18)3-8-9(13)4-7(12(14,15)16)5-10(8)19-2/h4-6H,3H2,1-2H3,(H,17,18). The molecule has 0 heterocycles. The lowest BCUT2D eigenvalue weighted by Crippen LogP contribution is -2.14. The Morgan fingerprint density at radius 2 is 2.05 bits per heavy atom. The van der Waals surface area contributed by atoms with E-state index in [1.54, 1.807) is 0 Å². The number of benzene rings is 1. The lowest BCUT2D eigenvalue weighted by Gasteiger charge is -2.16. The average Bonchev–Trinajstić information content (AvgIpc) is 2.29. The summed E-state index contributed by atoms with van der Waals surface area (Å²) in [5.74, 6) is -1.89. The van der Waals surface area contributed by atoms with Gasteiger partial charge in [0.15, 0.2) is 0 Å². The smallest absolute Gasteiger partial charge is 0.416 e. The van der Waals surface area contributed by atoms with Crippen LogP contribution in [0.2, 0.25) is 5.02 Å². The minimum atomic E-state index is -4.53. The molecule has 0 bridgehead atoms. The summed E-state index contributed by atoms with van der Waals surface area (Å²) in [6.07, 6.45) is -4.54. The molecule has 0 fully saturated rings. The van der Waals surface area contributed by atoms with Gasteiger partial charge in [0.25, 0.3) is 0 Å². The van der Waals surface area contributed by atoms with Crippen LogP contribution >= 0.6 is 11.6 Å². The van der Waals surface area contributed by atoms with E-state index in [0.29, 0.717) is 0 Å². The number of ether oxygens (including phenoxy) is 1. The van der Waals surface area contributed by atoms with E-state index >= 15 is 0 Å². The Labute approximate surface area is 112 Å². The van der Waals surface area contributed by atoms with Crippen LogP contribution < -0.4 is 4.74 Å². The van der Waals surface area contributed by atoms with Gasteiger partial charge in [0, 0.05) is 10.6 Å². The predicted octanol–water partition coefficient (Wildman–Crippen LogP) is 3.63. The first-order valence-corrected chi connectivity index (χ1v) is 5.71. The third-order valence-corrected chi connectivity index (χ3v) is 2.97. The van der Waals surface area contributed by atoms with Crippen LogP contribution in [0.3, 0.4) is 0 Å². The Bertz CT molecular complexity index is 486. The number of carboxylic acid groups (broad SMARTS) is 1. The molecule has 19 heavy (non-hydrogen) atoms. The summed E-state index contributed by atoms with van der Waals surface area (Å²) >= 11 is 5.80. The summed E-state index contributed by atoms with van der Waals surface area (Å²) in [6.45, 7) is 1.44. The molecule has 0 saturated carbocycles. The van der Waals surface area contributed by atoms with Gasteiger partial charge in [-0.1, -0.05) is 18.5 Å². The highest BCUT2D eigenvalue weighted by atomic mass is 35.5. The van der Waals surface area contributed by atoms with Crippen LogP contribution in [0.5, 0.6) is 5.75 Å². The predicted molar refractivity (Wildman–Crippen MR) is 63.5 cm³/mol. The maximum absolute atomic E-state index is 12.6. The maximum Gasteiger partial charge on any atom is 0.416 e. The van der Waals surface area contributed by atoms with Crippen molar-refractivity contribution in [1.82, 2.24) is 0 Å². The maximum atomic E-state index is 12.6. The number of halogens is 4. The van der Waals surface area contributed by atoms with Gasteiger partial charge >= 0.3 is 12.1 Å². The number of rotatable bonds is 4. The molecule has 0 aliphatic carbocycles. The van der Waals surface area contributed by atoms with Crippen LogP contribution in [0, 0.1) is 5.92 Å². The molecule has 1 atom stereocenters. The second-order valence-corrected chi connectivity index (χ2v) is 4.49. The molecule has 1 rings (SSSR count). The highest BCUT2D eigenvalue weighted by molar-refractivity contribution is 6.31. The summed E-state index contributed by atoms with van der Waals surface area (Å²) in [4.78, 5) is 10.8. The number of hydrogen-bond donors (Lipinski definition) is 1. The average molecular weight is 297 g/mol. The quantitative estimate of drug-likeness (QED) is 0.923. The zero-order chi connectivity index (χ0) is 14.8. The molecule has 1 unspecified atom stereocenters. The molecule has 1 N–H and O–H groups in total. The van der Waals surface area contributed by atoms with Crippen LogP contribution in [0.25, 0.3) is 0 Å². The molecule has 7 heteroatoms. The summed E-state index contributed by atoms with van der Waals surface area (Å²) < 4.78 is 42.7. The minimum absolute atomic E-state index is 0.00449. The third kappa shape index (κ3) is 3.76. The highest BCUT2D eigenvalue weighted by Gasteiger charge is 2.32. The van der Waals surface area contributed by atoms with Crippen molar-refractivity contribution in [2.45, 2.75) is 19.5 Å². The van der Waals surface area contributed by atoms with Crippen molar-refractivity contribution in [2.24, 2.45) is 5.92 Å². The monoisotopic (exact) mass is 296 g/mol. The van der Waals surface area contributed by atoms with E-state index in [1.165, 1.54) is 14.0 Å². The number of aliphatic carboxylic acids is 1. The fourth-order valence-electron chi connectivity index (χ4n) is 1.55. The summed E-state index contributed by atoms with van der Waals surface area (Å²) in [5.41, 5.74) is -0.673. The topological polar surface area (TPSA) is 46.5 Å². The third-order valence-electron chi connectivity index (χ3n) is 2.63. The van der Waals surface area contributed by atoms with Gasteiger partial charge in [-0.15, -0.1) is 0 Å². The van der Waals surface area contributed by atoms with Gasteiger partial charge in [-0.2, -0.15) is 13.2 Å². The van der Waals surface area contributed by atoms with Crippen molar-refractivity contribution >= 4 is 17.6 Å². The molecule has 0 aromatic heterocycles. The molecule has 106 valence electrons. The van der Waals surface area contributed by atoms with Gasteiger partial charge < -0.3 is 9.84 Å². The first kappa shape index (κ1) is 15.6. The zero-order valence-electron chi connectivity index (χ0n) is 10.2. The van der Waals surface area contributed by atoms with Gasteiger partial charge in [0.2, 0.25) is 0 Å². The lowest BCUT2D eigenvalue weighted by molar-refractivity contribution is -0.141. The summed E-state index contributed by atoms with van der Waals surface area (Å²) in [6, 6.07) is 1.59. The molecule has 1 aromatic carbocycles. The van der Waals surface area contributed by atoms with Crippen LogP contribution in [-0.2, 0) is 17.4 Å². The van der Waals surface area contributed by atoms with Crippen LogP contribution in [0.4, 0.5) is 13.2 Å². The molecule has 0 radical (unpaired) electrons. The second-order valence-electron chi connectivity index (χ2n) is 4.08. The van der Waals surface area contributed by atoms with E-state index in [2.05, 4.69) is 0 Å². The Hall–Kier alpha value is -1.43. The number of alkyl halides is 3. The normalized spacial score (nSPS) is 13.2. The van der Waals surface area contributed by atoms with Gasteiger partial charge in [0.1, 0.15) is 5.75 Å². The van der Waals surface area contributed by atoms with Crippen molar-refractivity contribution in [2.75, 3.05) is 7.11 Å². The van der Waals surface area contributed by atoms with Gasteiger partial charge in [-0.05, 0) is 18.6 Å². The first-order valence-electron chi connectivity index (χ1n) is 5.33. The molecule has 0 spiro atoms. The van der Waals surface area contributed by atoms with Crippen molar-refractivity contribution in [3.05, 3.63) is 28.3 Å². The number of hydrogen-bond acceptors (Lipinski definition) is 2. The van der Waals surface area contributed by atoms with Gasteiger partial charge in [-0.3, -0.25) is 4.79 Å². The van der Waals surface area contributed by atoms with E-state index in [4.69, 9.17) is 21.4 Å². The van der Waals surface area contributed by atoms with E-state index in [9.17, 15) is 18.0 Å². The second kappa shape index (κ2) is 5.69. The Morgan fingerprint density at radius 3 is 2.47 bits per heavy atom. The van der Waals surface area contributed by atoms with Crippen molar-refractivity contribution in [3.63, 3.8) is 0 Å². The fraction of sp³-hybridized carbons (Fsp3) is 0.417. The zero-order valence-corrected chi connectivity index (χ0v) is 11.0. The van der Waals surface area contributed by atoms with Gasteiger partial charge in [0.05, 0.1) is 18.6 Å². The van der Waals surface area contributed by atoms with Crippen LogP contribution in [-0.4, -0.2) is 18.2 Å².